The molecule has 0 heterocycles. The Kier molecular flexibility index (Phi) is 30.3. The molecular formula is C26H32FK2N3O9. The third kappa shape index (κ3) is 21.2. The largest absolute Gasteiger partial charge is 1.00 e. The van der Waals surface area contributed by atoms with Gasteiger partial charge in [0, 0.05) is 0 Å². The smallest absolute Gasteiger partial charge is 1.00 e. The molecule has 0 aliphatic rings. The average molecular weight is 628 g/mol. The number of aliphatic hydroxyl groups is 2. The number of rotatable bonds is 7. The second-order valence-corrected chi connectivity index (χ2v) is 7.96. The van der Waals surface area contributed by atoms with Gasteiger partial charge in [-0.1, -0.05) is 24.3 Å². The molecule has 0 saturated carbocycles. The summed E-state index contributed by atoms with van der Waals surface area (Å²) in [6, 6.07) is 8.18. The minimum absolute atomic E-state index is 0. The molecule has 41 heavy (non-hydrogen) atoms. The predicted octanol–water partition coefficient (Wildman–Crippen LogP) is -3.81. The quantitative estimate of drug-likeness (QED) is 0.0667. The van der Waals surface area contributed by atoms with E-state index in [0.717, 1.165) is 11.1 Å². The van der Waals surface area contributed by atoms with E-state index in [9.17, 15) is 19.1 Å². The third-order valence-corrected chi connectivity index (χ3v) is 4.86. The van der Waals surface area contributed by atoms with Gasteiger partial charge in [-0.2, -0.15) is 0 Å². The maximum Gasteiger partial charge on any atom is 1.00 e. The minimum atomic E-state index is -1.18. The molecule has 15 heteroatoms. The Morgan fingerprint density at radius 3 is 1.71 bits per heavy atom. The number of aliphatic hydroxyl groups excluding tert-OH is 2. The van der Waals surface area contributed by atoms with Gasteiger partial charge in [0.2, 0.25) is 0 Å². The van der Waals surface area contributed by atoms with Crippen molar-refractivity contribution in [2.24, 2.45) is 11.7 Å². The van der Waals surface area contributed by atoms with Gasteiger partial charge in [-0.3, -0.25) is 14.4 Å². The van der Waals surface area contributed by atoms with Crippen LogP contribution in [0.5, 0.6) is 0 Å². The van der Waals surface area contributed by atoms with Crippen LogP contribution in [0, 0.1) is 38.7 Å². The van der Waals surface area contributed by atoms with Crippen molar-refractivity contribution in [2.45, 2.75) is 52.4 Å². The molecule has 2 rings (SSSR count). The van der Waals surface area contributed by atoms with E-state index in [1.165, 1.54) is 32.0 Å². The first kappa shape index (κ1) is 46.8. The average Bonchev–Trinajstić information content (AvgIpc) is 2.87. The molecule has 2 aromatic carbocycles. The fourth-order valence-corrected chi connectivity index (χ4v) is 2.64. The van der Waals surface area contributed by atoms with E-state index in [4.69, 9.17) is 44.2 Å². The van der Waals surface area contributed by atoms with Gasteiger partial charge in [0.25, 0.3) is 6.47 Å². The van der Waals surface area contributed by atoms with Gasteiger partial charge >= 0.3 is 115 Å². The summed E-state index contributed by atoms with van der Waals surface area (Å²) < 4.78 is 12.4. The Morgan fingerprint density at radius 2 is 1.44 bits per heavy atom. The van der Waals surface area contributed by atoms with Crippen molar-refractivity contribution in [3.05, 3.63) is 81.7 Å². The van der Waals surface area contributed by atoms with Crippen LogP contribution in [0.25, 0.3) is 9.69 Å². The number of aryl methyl sites for hydroxylation is 2. The fourth-order valence-electron chi connectivity index (χ4n) is 2.64. The predicted molar refractivity (Wildman–Crippen MR) is 137 cm³/mol. The summed E-state index contributed by atoms with van der Waals surface area (Å²) in [5.41, 5.74) is 8.33. The topological polar surface area (TPSA) is 199 Å². The second kappa shape index (κ2) is 26.5. The molecule has 0 saturated heterocycles. The van der Waals surface area contributed by atoms with E-state index >= 15 is 0 Å². The van der Waals surface area contributed by atoms with Crippen LogP contribution in [0.4, 0.5) is 15.8 Å². The molecule has 2 aromatic rings. The second-order valence-electron chi connectivity index (χ2n) is 7.96. The Morgan fingerprint density at radius 1 is 1.00 bits per heavy atom. The van der Waals surface area contributed by atoms with Gasteiger partial charge in [0.05, 0.1) is 31.3 Å². The number of hydrogen-bond acceptors (Lipinski definition) is 8. The molecule has 214 valence electrons. The normalized spacial score (nSPS) is 11.8. The molecule has 6 N–H and O–H groups in total. The van der Waals surface area contributed by atoms with Crippen LogP contribution in [0.15, 0.2) is 36.4 Å². The van der Waals surface area contributed by atoms with E-state index in [2.05, 4.69) is 14.6 Å². The number of carbonyl (C=O) groups excluding carboxylic acids is 1. The van der Waals surface area contributed by atoms with Crippen LogP contribution in [-0.4, -0.2) is 57.1 Å². The molecule has 0 aliphatic heterocycles. The van der Waals surface area contributed by atoms with Crippen LogP contribution in [-0.2, 0) is 25.7 Å². The molecule has 0 radical (unpaired) electrons. The molecule has 0 amide bonds. The van der Waals surface area contributed by atoms with E-state index in [1.807, 2.05) is 6.92 Å². The zero-order chi connectivity index (χ0) is 30.7. The molecular weight excluding hydrogens is 595 g/mol. The van der Waals surface area contributed by atoms with E-state index in [-0.39, 0.29) is 123 Å². The van der Waals surface area contributed by atoms with Gasteiger partial charge in [-0.05, 0) is 62.9 Å². The van der Waals surface area contributed by atoms with Crippen LogP contribution >= 0.6 is 0 Å². The van der Waals surface area contributed by atoms with E-state index < -0.39 is 36.1 Å². The van der Waals surface area contributed by atoms with Crippen molar-refractivity contribution in [3.63, 3.8) is 0 Å². The summed E-state index contributed by atoms with van der Waals surface area (Å²) in [4.78, 5) is 38.6. The number of carbonyl (C=O) groups is 3. The van der Waals surface area contributed by atoms with Gasteiger partial charge in [-0.25, -0.2) is 14.1 Å². The Hall–Kier alpha value is -1.13. The number of carboxylic acid groups (broad SMARTS) is 2. The molecule has 0 aromatic heterocycles. The van der Waals surface area contributed by atoms with Crippen molar-refractivity contribution < 1.29 is 154 Å². The summed E-state index contributed by atoms with van der Waals surface area (Å²) in [5.74, 6) is -3.29. The Labute approximate surface area is 324 Å². The Balaban J connectivity index is -0.000000158. The number of benzene rings is 2. The van der Waals surface area contributed by atoms with Gasteiger partial charge in [-0.15, -0.1) is 0 Å². The number of nitrogens with zero attached hydrogens (tertiary/aromatic N) is 2. The molecule has 12 nitrogen and oxygen atoms in total. The Bertz CT molecular complexity index is 1180. The van der Waals surface area contributed by atoms with E-state index in [1.54, 1.807) is 25.1 Å². The van der Waals surface area contributed by atoms with Crippen LogP contribution < -0.4 is 114 Å². The van der Waals surface area contributed by atoms with Crippen molar-refractivity contribution >= 4 is 29.8 Å². The van der Waals surface area contributed by atoms with Gasteiger partial charge in [0.15, 0.2) is 11.4 Å². The first-order chi connectivity index (χ1) is 18.2. The van der Waals surface area contributed by atoms with Crippen molar-refractivity contribution in [3.8, 4) is 0 Å². The van der Waals surface area contributed by atoms with Gasteiger partial charge in [0.1, 0.15) is 11.9 Å². The fraction of sp³-hybridized carbons (Fsp3) is 0.346. The summed E-state index contributed by atoms with van der Waals surface area (Å²) in [7, 11) is 0. The minimum Gasteiger partial charge on any atom is -1.00 e. The summed E-state index contributed by atoms with van der Waals surface area (Å²) >= 11 is 0. The molecule has 4 atom stereocenters. The zero-order valence-corrected chi connectivity index (χ0v) is 30.0. The van der Waals surface area contributed by atoms with Crippen LogP contribution in [0.3, 0.4) is 0 Å². The molecule has 2 unspecified atom stereocenters. The molecule has 0 bridgehead atoms. The van der Waals surface area contributed by atoms with Crippen molar-refractivity contribution in [1.29, 1.82) is 0 Å². The maximum atomic E-state index is 12.4. The number of aliphatic carboxylic acids is 2. The SMILES string of the molecule is C[C@H](O)C(N)C(=O)O.O=CO[O-].[C-]#[N+]c1ccc(CC(C(=O)O)[C@H](C)O)cc1C.[C-]#[N+]c1ccc(F)cc1C.[H-].[K+].[K+]. The first-order valence-corrected chi connectivity index (χ1v) is 11.1. The number of halogens is 1. The van der Waals surface area contributed by atoms with Crippen molar-refractivity contribution in [2.75, 3.05) is 0 Å². The number of nitrogens with two attached hydrogens (primary N) is 1. The first-order valence-electron chi connectivity index (χ1n) is 11.1. The summed E-state index contributed by atoms with van der Waals surface area (Å²) in [5, 5.41) is 43.3. The molecule has 0 aliphatic carbocycles. The molecule has 0 fully saturated rings. The van der Waals surface area contributed by atoms with Crippen LogP contribution in [0.2, 0.25) is 0 Å². The summed E-state index contributed by atoms with van der Waals surface area (Å²) in [6.45, 7) is 19.7. The molecule has 0 spiro atoms. The monoisotopic (exact) mass is 627 g/mol. The number of hydrogen-bond donors (Lipinski definition) is 5. The van der Waals surface area contributed by atoms with E-state index in [0.29, 0.717) is 16.9 Å². The summed E-state index contributed by atoms with van der Waals surface area (Å²) in [6.07, 6.45) is -1.60. The van der Waals surface area contributed by atoms with Crippen LogP contribution in [0.1, 0.15) is 32.0 Å². The maximum absolute atomic E-state index is 12.4. The zero-order valence-electron chi connectivity index (χ0n) is 24.7. The third-order valence-electron chi connectivity index (χ3n) is 4.86. The van der Waals surface area contributed by atoms with Gasteiger partial charge < -0.3 is 37.7 Å². The standard InChI is InChI=1S/C13H15NO3.C8H6FN.C4H9NO3.CH2O3.2K.H/c1-8-6-10(4-5-12(8)14-3)7-11(9(2)15)13(16)17;1-6-5-7(9)3-4-8(6)10-2;1-2(6)3(5)4(7)8;2-1-4-3;;;/h4-6,9,11,15H,7H2,1-2H3,(H,16,17);3-5H,1H3;2-3,6H,5H2,1H3,(H,7,8);1,3H;;;/q;;;;2*+1;-1/p-1/t9-,11?;;2-,3?;;;;/m0.0..../s1. The van der Waals surface area contributed by atoms with Crippen molar-refractivity contribution in [1.82, 2.24) is 0 Å². The number of carboxylic acids is 2.